The van der Waals surface area contributed by atoms with Crippen LogP contribution in [0.2, 0.25) is 0 Å². The zero-order valence-corrected chi connectivity index (χ0v) is 13.1. The lowest BCUT2D eigenvalue weighted by molar-refractivity contribution is 0.383. The molecule has 1 atom stereocenters. The molecule has 23 heavy (non-hydrogen) atoms. The van der Waals surface area contributed by atoms with E-state index < -0.39 is 11.2 Å². The molecule has 3 rings (SSSR count). The van der Waals surface area contributed by atoms with E-state index in [9.17, 15) is 14.9 Å². The van der Waals surface area contributed by atoms with Gasteiger partial charge in [0.2, 0.25) is 5.89 Å². The standard InChI is InChI=1S/C14H16N6O3/c1-8-16-11(17-23-8)10-5-4-6-20(10)12-9(7-15)13(21)19(3)14(22)18(12)2/h10H,4-6H2,1-3H3. The number of hydrogen-bond acceptors (Lipinski definition) is 7. The van der Waals surface area contributed by atoms with Crippen molar-refractivity contribution in [3.63, 3.8) is 0 Å². The quantitative estimate of drug-likeness (QED) is 0.766. The van der Waals surface area contributed by atoms with Crippen LogP contribution in [0, 0.1) is 18.3 Å². The highest BCUT2D eigenvalue weighted by atomic mass is 16.5. The van der Waals surface area contributed by atoms with E-state index in [4.69, 9.17) is 4.52 Å². The highest BCUT2D eigenvalue weighted by molar-refractivity contribution is 5.55. The van der Waals surface area contributed by atoms with Gasteiger partial charge in [-0.2, -0.15) is 10.2 Å². The van der Waals surface area contributed by atoms with E-state index >= 15 is 0 Å². The minimum atomic E-state index is -0.597. The highest BCUT2D eigenvalue weighted by Crippen LogP contribution is 2.34. The van der Waals surface area contributed by atoms with Crippen molar-refractivity contribution in [1.29, 1.82) is 5.26 Å². The molecule has 1 aliphatic heterocycles. The molecule has 0 radical (unpaired) electrons. The van der Waals surface area contributed by atoms with Gasteiger partial charge in [-0.05, 0) is 12.8 Å². The Morgan fingerprint density at radius 3 is 2.65 bits per heavy atom. The van der Waals surface area contributed by atoms with Crippen LogP contribution in [0.25, 0.3) is 0 Å². The fraction of sp³-hybridized carbons (Fsp3) is 0.500. The first-order valence-electron chi connectivity index (χ1n) is 7.22. The van der Waals surface area contributed by atoms with Gasteiger partial charge in [-0.1, -0.05) is 5.16 Å². The Morgan fingerprint density at radius 1 is 1.30 bits per heavy atom. The lowest BCUT2D eigenvalue weighted by Gasteiger charge is -2.27. The molecule has 0 N–H and O–H groups in total. The molecule has 9 nitrogen and oxygen atoms in total. The summed E-state index contributed by atoms with van der Waals surface area (Å²) >= 11 is 0. The number of aromatic nitrogens is 4. The molecule has 0 aliphatic carbocycles. The van der Waals surface area contributed by atoms with Gasteiger partial charge in [0.25, 0.3) is 5.56 Å². The number of nitriles is 1. The second kappa shape index (κ2) is 5.39. The van der Waals surface area contributed by atoms with Crippen molar-refractivity contribution in [3.05, 3.63) is 38.1 Å². The van der Waals surface area contributed by atoms with Crippen molar-refractivity contribution in [2.24, 2.45) is 14.1 Å². The van der Waals surface area contributed by atoms with E-state index in [1.807, 2.05) is 11.0 Å². The molecule has 120 valence electrons. The summed E-state index contributed by atoms with van der Waals surface area (Å²) < 4.78 is 7.29. The van der Waals surface area contributed by atoms with Crippen LogP contribution in [-0.4, -0.2) is 25.8 Å². The molecule has 9 heteroatoms. The van der Waals surface area contributed by atoms with Gasteiger partial charge >= 0.3 is 5.69 Å². The Hall–Kier alpha value is -2.89. The van der Waals surface area contributed by atoms with E-state index in [2.05, 4.69) is 10.1 Å². The Bertz CT molecular complexity index is 916. The first-order chi connectivity index (χ1) is 11.0. The van der Waals surface area contributed by atoms with Crippen LogP contribution in [-0.2, 0) is 14.1 Å². The third-order valence-corrected chi connectivity index (χ3v) is 4.11. The smallest absolute Gasteiger partial charge is 0.332 e. The van der Waals surface area contributed by atoms with Crippen molar-refractivity contribution < 1.29 is 4.52 Å². The maximum Gasteiger partial charge on any atom is 0.332 e. The Balaban J connectivity index is 2.20. The number of nitrogens with zero attached hydrogens (tertiary/aromatic N) is 6. The van der Waals surface area contributed by atoms with Crippen LogP contribution < -0.4 is 16.1 Å². The molecule has 0 spiro atoms. The largest absolute Gasteiger partial charge is 0.346 e. The molecule has 1 unspecified atom stereocenters. The zero-order valence-electron chi connectivity index (χ0n) is 13.1. The van der Waals surface area contributed by atoms with E-state index in [0.29, 0.717) is 24.1 Å². The summed E-state index contributed by atoms with van der Waals surface area (Å²) in [7, 11) is 2.91. The van der Waals surface area contributed by atoms with Gasteiger partial charge in [-0.15, -0.1) is 0 Å². The SMILES string of the molecule is Cc1nc(C2CCCN2c2c(C#N)c(=O)n(C)c(=O)n2C)no1. The Labute approximate surface area is 131 Å². The highest BCUT2D eigenvalue weighted by Gasteiger charge is 2.34. The summed E-state index contributed by atoms with van der Waals surface area (Å²) in [5, 5.41) is 13.3. The summed E-state index contributed by atoms with van der Waals surface area (Å²) in [6.07, 6.45) is 1.60. The zero-order chi connectivity index (χ0) is 16.7. The number of anilines is 1. The van der Waals surface area contributed by atoms with Crippen molar-refractivity contribution in [1.82, 2.24) is 19.3 Å². The third-order valence-electron chi connectivity index (χ3n) is 4.11. The third kappa shape index (κ3) is 2.23. The van der Waals surface area contributed by atoms with Crippen LogP contribution in [0.5, 0.6) is 0 Å². The summed E-state index contributed by atoms with van der Waals surface area (Å²) in [5.74, 6) is 1.26. The Kier molecular flexibility index (Phi) is 3.52. The van der Waals surface area contributed by atoms with Gasteiger partial charge in [0.15, 0.2) is 11.4 Å². The lowest BCUT2D eigenvalue weighted by Crippen LogP contribution is -2.42. The summed E-state index contributed by atoms with van der Waals surface area (Å²) in [6, 6.07) is 1.70. The van der Waals surface area contributed by atoms with Crippen LogP contribution in [0.4, 0.5) is 5.82 Å². The van der Waals surface area contributed by atoms with E-state index in [1.165, 1.54) is 11.6 Å². The number of hydrogen-bond donors (Lipinski definition) is 0. The molecule has 0 saturated carbocycles. The topological polar surface area (TPSA) is 110 Å². The fourth-order valence-electron chi connectivity index (χ4n) is 3.01. The molecule has 2 aromatic heterocycles. The Morgan fingerprint density at radius 2 is 2.04 bits per heavy atom. The van der Waals surface area contributed by atoms with Crippen molar-refractivity contribution in [3.8, 4) is 6.07 Å². The predicted molar refractivity (Wildman–Crippen MR) is 80.0 cm³/mol. The molecular weight excluding hydrogens is 300 g/mol. The van der Waals surface area contributed by atoms with Crippen molar-refractivity contribution in [2.75, 3.05) is 11.4 Å². The maximum atomic E-state index is 12.2. The minimum absolute atomic E-state index is 0.0540. The van der Waals surface area contributed by atoms with E-state index in [-0.39, 0.29) is 11.6 Å². The van der Waals surface area contributed by atoms with Gasteiger partial charge in [-0.3, -0.25) is 13.9 Å². The van der Waals surface area contributed by atoms with Gasteiger partial charge < -0.3 is 9.42 Å². The number of rotatable bonds is 2. The normalized spacial score (nSPS) is 17.5. The molecule has 1 saturated heterocycles. The van der Waals surface area contributed by atoms with Gasteiger partial charge in [0, 0.05) is 27.6 Å². The maximum absolute atomic E-state index is 12.2. The summed E-state index contributed by atoms with van der Waals surface area (Å²) in [6.45, 7) is 2.30. The predicted octanol–water partition coefficient (Wildman–Crippen LogP) is -0.0114. The van der Waals surface area contributed by atoms with Crippen molar-refractivity contribution >= 4 is 5.82 Å². The van der Waals surface area contributed by atoms with Crippen LogP contribution in [0.1, 0.15) is 36.2 Å². The van der Waals surface area contributed by atoms with E-state index in [1.54, 1.807) is 14.0 Å². The van der Waals surface area contributed by atoms with Gasteiger partial charge in [0.1, 0.15) is 11.9 Å². The molecule has 1 fully saturated rings. The van der Waals surface area contributed by atoms with Gasteiger partial charge in [0.05, 0.1) is 6.04 Å². The first kappa shape index (κ1) is 15.0. The van der Waals surface area contributed by atoms with Gasteiger partial charge in [-0.25, -0.2) is 4.79 Å². The van der Waals surface area contributed by atoms with Crippen molar-refractivity contribution in [2.45, 2.75) is 25.8 Å². The average Bonchev–Trinajstić information content (AvgIpc) is 3.17. The molecule has 0 bridgehead atoms. The minimum Gasteiger partial charge on any atom is -0.346 e. The molecule has 3 heterocycles. The fourth-order valence-corrected chi connectivity index (χ4v) is 3.01. The lowest BCUT2D eigenvalue weighted by atomic mass is 10.2. The summed E-state index contributed by atoms with van der Waals surface area (Å²) in [4.78, 5) is 30.6. The average molecular weight is 316 g/mol. The van der Waals surface area contributed by atoms with Crippen LogP contribution in [0.3, 0.4) is 0 Å². The molecule has 2 aromatic rings. The summed E-state index contributed by atoms with van der Waals surface area (Å²) in [5.41, 5.74) is -1.12. The monoisotopic (exact) mass is 316 g/mol. The molecule has 1 aliphatic rings. The molecule has 0 amide bonds. The van der Waals surface area contributed by atoms with Crippen LogP contribution in [0.15, 0.2) is 14.1 Å². The second-order valence-electron chi connectivity index (χ2n) is 5.54. The first-order valence-corrected chi connectivity index (χ1v) is 7.22. The molecule has 0 aromatic carbocycles. The van der Waals surface area contributed by atoms with E-state index in [0.717, 1.165) is 17.4 Å². The number of aryl methyl sites for hydroxylation is 1. The molecular formula is C14H16N6O3. The second-order valence-corrected chi connectivity index (χ2v) is 5.54. The van der Waals surface area contributed by atoms with Crippen LogP contribution >= 0.6 is 0 Å².